The first-order valence-electron chi connectivity index (χ1n) is 5.61. The van der Waals surface area contributed by atoms with Crippen molar-refractivity contribution in [2.75, 3.05) is 7.05 Å². The van der Waals surface area contributed by atoms with E-state index in [4.69, 9.17) is 0 Å². The fraction of sp³-hybridized carbons (Fsp3) is 0.154. The van der Waals surface area contributed by atoms with Crippen molar-refractivity contribution in [3.63, 3.8) is 0 Å². The van der Waals surface area contributed by atoms with Crippen molar-refractivity contribution in [3.05, 3.63) is 58.8 Å². The average Bonchev–Trinajstić information content (AvgIpc) is 2.39. The highest BCUT2D eigenvalue weighted by Gasteiger charge is 2.20. The van der Waals surface area contributed by atoms with Gasteiger partial charge in [0.2, 0.25) is 10.0 Å². The first-order valence-corrected chi connectivity index (χ1v) is 7.84. The number of sulfonamides is 1. The molecule has 1 heterocycles. The van der Waals surface area contributed by atoms with Crippen LogP contribution in [0.2, 0.25) is 0 Å². The van der Waals surface area contributed by atoms with Crippen LogP contribution in [0, 0.1) is 0 Å². The van der Waals surface area contributed by atoms with Crippen LogP contribution in [0.5, 0.6) is 0 Å². The topological polar surface area (TPSA) is 50.3 Å². The van der Waals surface area contributed by atoms with Gasteiger partial charge in [0.25, 0.3) is 0 Å². The van der Waals surface area contributed by atoms with E-state index in [1.165, 1.54) is 4.31 Å². The summed E-state index contributed by atoms with van der Waals surface area (Å²) in [6.07, 6.45) is 3.32. The lowest BCUT2D eigenvalue weighted by Crippen LogP contribution is -2.26. The number of benzene rings is 1. The van der Waals surface area contributed by atoms with Gasteiger partial charge in [-0.1, -0.05) is 18.2 Å². The number of nitrogens with zero attached hydrogens (tertiary/aromatic N) is 2. The maximum atomic E-state index is 12.3. The Morgan fingerprint density at radius 2 is 1.89 bits per heavy atom. The van der Waals surface area contributed by atoms with Gasteiger partial charge in [0.15, 0.2) is 0 Å². The number of hydrogen-bond donors (Lipinski definition) is 0. The fourth-order valence-corrected chi connectivity index (χ4v) is 3.25. The predicted octanol–water partition coefficient (Wildman–Crippen LogP) is 2.66. The van der Waals surface area contributed by atoms with E-state index in [-0.39, 0.29) is 6.54 Å². The summed E-state index contributed by atoms with van der Waals surface area (Å²) in [6.45, 7) is 0.281. The Morgan fingerprint density at radius 3 is 2.53 bits per heavy atom. The van der Waals surface area contributed by atoms with Crippen LogP contribution in [0.25, 0.3) is 0 Å². The molecule has 0 amide bonds. The molecular weight excluding hydrogens is 328 g/mol. The molecule has 2 rings (SSSR count). The van der Waals surface area contributed by atoms with Crippen LogP contribution < -0.4 is 0 Å². The minimum absolute atomic E-state index is 0.281. The Morgan fingerprint density at radius 1 is 1.21 bits per heavy atom. The molecule has 4 nitrogen and oxygen atoms in total. The fourth-order valence-electron chi connectivity index (χ4n) is 1.66. The van der Waals surface area contributed by atoms with Crippen molar-refractivity contribution in [2.24, 2.45) is 0 Å². The third-order valence-electron chi connectivity index (χ3n) is 2.62. The molecule has 100 valence electrons. The van der Waals surface area contributed by atoms with Crippen LogP contribution in [0.3, 0.4) is 0 Å². The average molecular weight is 341 g/mol. The molecule has 0 aliphatic carbocycles. The number of hydrogen-bond acceptors (Lipinski definition) is 3. The summed E-state index contributed by atoms with van der Waals surface area (Å²) in [6, 6.07) is 10.2. The predicted molar refractivity (Wildman–Crippen MR) is 77.0 cm³/mol. The van der Waals surface area contributed by atoms with Crippen molar-refractivity contribution in [2.45, 2.75) is 11.4 Å². The van der Waals surface area contributed by atoms with Crippen molar-refractivity contribution >= 4 is 26.0 Å². The summed E-state index contributed by atoms with van der Waals surface area (Å²) in [5, 5.41) is 0. The number of aromatic nitrogens is 1. The van der Waals surface area contributed by atoms with E-state index in [0.29, 0.717) is 4.90 Å². The first kappa shape index (κ1) is 14.2. The number of rotatable bonds is 4. The van der Waals surface area contributed by atoms with Crippen molar-refractivity contribution in [1.29, 1.82) is 0 Å². The molecule has 0 N–H and O–H groups in total. The summed E-state index contributed by atoms with van der Waals surface area (Å²) in [7, 11) is -1.90. The van der Waals surface area contributed by atoms with Gasteiger partial charge in [-0.25, -0.2) is 8.42 Å². The van der Waals surface area contributed by atoms with Crippen molar-refractivity contribution < 1.29 is 8.42 Å². The van der Waals surface area contributed by atoms with Crippen LogP contribution in [-0.4, -0.2) is 24.8 Å². The third-order valence-corrected chi connectivity index (χ3v) is 4.87. The van der Waals surface area contributed by atoms with E-state index < -0.39 is 10.0 Å². The second-order valence-electron chi connectivity index (χ2n) is 4.09. The minimum atomic E-state index is -3.46. The van der Waals surface area contributed by atoms with Crippen LogP contribution in [-0.2, 0) is 16.6 Å². The maximum Gasteiger partial charge on any atom is 0.243 e. The van der Waals surface area contributed by atoms with Crippen LogP contribution in [0.4, 0.5) is 0 Å². The summed E-state index contributed by atoms with van der Waals surface area (Å²) in [5.74, 6) is 0. The molecule has 1 aromatic heterocycles. The summed E-state index contributed by atoms with van der Waals surface area (Å²) >= 11 is 3.32. The Bertz CT molecular complexity index is 659. The monoisotopic (exact) mass is 340 g/mol. The molecule has 1 aromatic carbocycles. The lowest BCUT2D eigenvalue weighted by atomic mass is 10.3. The molecular formula is C13H13BrN2O2S. The van der Waals surface area contributed by atoms with E-state index in [2.05, 4.69) is 20.9 Å². The van der Waals surface area contributed by atoms with E-state index >= 15 is 0 Å². The van der Waals surface area contributed by atoms with Gasteiger partial charge in [0, 0.05) is 30.5 Å². The number of pyridine rings is 1. The largest absolute Gasteiger partial charge is 0.263 e. The van der Waals surface area contributed by atoms with Gasteiger partial charge >= 0.3 is 0 Å². The summed E-state index contributed by atoms with van der Waals surface area (Å²) in [5.41, 5.74) is 0.830. The van der Waals surface area contributed by atoms with Gasteiger partial charge in [-0.3, -0.25) is 4.98 Å². The Balaban J connectivity index is 2.23. The van der Waals surface area contributed by atoms with Crippen molar-refractivity contribution in [1.82, 2.24) is 9.29 Å². The highest BCUT2D eigenvalue weighted by atomic mass is 79.9. The SMILES string of the molecule is CN(Cc1cncc(Br)c1)S(=O)(=O)c1ccccc1. The Kier molecular flexibility index (Phi) is 4.34. The van der Waals surface area contributed by atoms with Gasteiger partial charge in [0.1, 0.15) is 0 Å². The summed E-state index contributed by atoms with van der Waals surface area (Å²) < 4.78 is 26.8. The van der Waals surface area contributed by atoms with Gasteiger partial charge in [-0.2, -0.15) is 4.31 Å². The van der Waals surface area contributed by atoms with Gasteiger partial charge in [-0.05, 0) is 39.7 Å². The normalized spacial score (nSPS) is 11.7. The number of halogens is 1. The molecule has 0 aliphatic rings. The van der Waals surface area contributed by atoms with Gasteiger partial charge in [-0.15, -0.1) is 0 Å². The molecule has 0 saturated carbocycles. The third kappa shape index (κ3) is 3.40. The van der Waals surface area contributed by atoms with Gasteiger partial charge < -0.3 is 0 Å². The first-order chi connectivity index (χ1) is 9.00. The second-order valence-corrected chi connectivity index (χ2v) is 7.05. The molecule has 0 spiro atoms. The molecule has 2 aromatic rings. The van der Waals surface area contributed by atoms with E-state index in [9.17, 15) is 8.42 Å². The van der Waals surface area contributed by atoms with Crippen LogP contribution in [0.1, 0.15) is 5.56 Å². The summed E-state index contributed by atoms with van der Waals surface area (Å²) in [4.78, 5) is 4.32. The molecule has 0 unspecified atom stereocenters. The van der Waals surface area contributed by atoms with E-state index in [1.54, 1.807) is 49.8 Å². The van der Waals surface area contributed by atoms with E-state index in [1.807, 2.05) is 6.07 Å². The molecule has 0 fully saturated rings. The highest BCUT2D eigenvalue weighted by Crippen LogP contribution is 2.17. The van der Waals surface area contributed by atoms with Crippen LogP contribution in [0.15, 0.2) is 58.2 Å². The molecule has 0 saturated heterocycles. The van der Waals surface area contributed by atoms with Crippen molar-refractivity contribution in [3.8, 4) is 0 Å². The van der Waals surface area contributed by atoms with Gasteiger partial charge in [0.05, 0.1) is 4.90 Å². The maximum absolute atomic E-state index is 12.3. The molecule has 19 heavy (non-hydrogen) atoms. The quantitative estimate of drug-likeness (QED) is 0.859. The zero-order valence-electron chi connectivity index (χ0n) is 10.3. The lowest BCUT2D eigenvalue weighted by Gasteiger charge is -2.17. The standard InChI is InChI=1S/C13H13BrN2O2S/c1-16(10-11-7-12(14)9-15-8-11)19(17,18)13-5-3-2-4-6-13/h2-9H,10H2,1H3. The Hall–Kier alpha value is -1.24. The second kappa shape index (κ2) is 5.81. The van der Waals surface area contributed by atoms with E-state index in [0.717, 1.165) is 10.0 Å². The highest BCUT2D eigenvalue weighted by molar-refractivity contribution is 9.10. The molecule has 0 atom stereocenters. The zero-order valence-corrected chi connectivity index (χ0v) is 12.7. The van der Waals surface area contributed by atoms with Crippen LogP contribution >= 0.6 is 15.9 Å². The molecule has 0 radical (unpaired) electrons. The molecule has 0 bridgehead atoms. The Labute approximate surface area is 121 Å². The molecule has 6 heteroatoms. The molecule has 0 aliphatic heterocycles. The minimum Gasteiger partial charge on any atom is -0.263 e. The smallest absolute Gasteiger partial charge is 0.243 e. The zero-order chi connectivity index (χ0) is 13.9. The lowest BCUT2D eigenvalue weighted by molar-refractivity contribution is 0.466.